The van der Waals surface area contributed by atoms with Crippen molar-refractivity contribution in [1.82, 2.24) is 4.90 Å². The van der Waals surface area contributed by atoms with E-state index in [4.69, 9.17) is 9.57 Å². The van der Waals surface area contributed by atoms with Crippen LogP contribution >= 0.6 is 15.9 Å². The van der Waals surface area contributed by atoms with Gasteiger partial charge in [-0.1, -0.05) is 12.1 Å². The number of para-hydroxylation sites is 1. The van der Waals surface area contributed by atoms with Crippen LogP contribution in [-0.2, 0) is 14.4 Å². The minimum Gasteiger partial charge on any atom is -0.452 e. The molecule has 0 radical (unpaired) electrons. The zero-order valence-electron chi connectivity index (χ0n) is 13.6. The van der Waals surface area contributed by atoms with Crippen LogP contribution in [0.2, 0.25) is 0 Å². The highest BCUT2D eigenvalue weighted by Crippen LogP contribution is 2.38. The molecule has 2 heterocycles. The van der Waals surface area contributed by atoms with Gasteiger partial charge in [-0.25, -0.2) is 9.86 Å². The number of carbonyl (C=O) groups excluding carboxylic acids is 2. The molecule has 1 fully saturated rings. The fraction of sp³-hybridized carbons (Fsp3) is 0.412. The summed E-state index contributed by atoms with van der Waals surface area (Å²) < 4.78 is 5.66. The zero-order valence-corrected chi connectivity index (χ0v) is 15.2. The number of benzene rings is 1. The number of methoxy groups -OCH3 is 1. The highest BCUT2D eigenvalue weighted by Gasteiger charge is 2.40. The molecule has 2 aliphatic heterocycles. The predicted octanol–water partition coefficient (Wildman–Crippen LogP) is 3.27. The molecule has 1 unspecified atom stereocenters. The van der Waals surface area contributed by atoms with Crippen molar-refractivity contribution < 1.29 is 19.2 Å². The van der Waals surface area contributed by atoms with Crippen molar-refractivity contribution in [3.63, 3.8) is 0 Å². The molecular formula is C17H19BrN2O4. The number of anilines is 1. The Balaban J connectivity index is 1.90. The molecule has 128 valence electrons. The normalized spacial score (nSPS) is 23.4. The number of rotatable bonds is 3. The Labute approximate surface area is 149 Å². The van der Waals surface area contributed by atoms with E-state index in [-0.39, 0.29) is 17.9 Å². The zero-order chi connectivity index (χ0) is 17.3. The highest BCUT2D eigenvalue weighted by molar-refractivity contribution is 9.10. The maximum Gasteiger partial charge on any atom is 0.413 e. The van der Waals surface area contributed by atoms with Crippen molar-refractivity contribution in [2.24, 2.45) is 0 Å². The average Bonchev–Trinajstić information content (AvgIpc) is 3.21. The van der Waals surface area contributed by atoms with Gasteiger partial charge >= 0.3 is 6.09 Å². The number of nitrogens with zero attached hydrogens (tertiary/aromatic N) is 2. The van der Waals surface area contributed by atoms with Crippen LogP contribution < -0.4 is 5.06 Å². The van der Waals surface area contributed by atoms with Gasteiger partial charge in [0, 0.05) is 23.6 Å². The second-order valence-electron chi connectivity index (χ2n) is 5.85. The smallest absolute Gasteiger partial charge is 0.413 e. The van der Waals surface area contributed by atoms with Crippen LogP contribution in [0.1, 0.15) is 19.8 Å². The van der Waals surface area contributed by atoms with E-state index in [0.717, 1.165) is 22.2 Å². The molecule has 0 bridgehead atoms. The van der Waals surface area contributed by atoms with E-state index >= 15 is 0 Å². The van der Waals surface area contributed by atoms with Crippen molar-refractivity contribution in [3.8, 4) is 0 Å². The first-order valence-corrected chi connectivity index (χ1v) is 8.56. The topological polar surface area (TPSA) is 59.1 Å². The Hall–Kier alpha value is -1.86. The lowest BCUT2D eigenvalue weighted by atomic mass is 9.99. The first-order chi connectivity index (χ1) is 11.5. The summed E-state index contributed by atoms with van der Waals surface area (Å²) in [7, 11) is 1.37. The fourth-order valence-electron chi connectivity index (χ4n) is 3.04. The molecule has 2 aliphatic rings. The summed E-state index contributed by atoms with van der Waals surface area (Å²) in [6, 6.07) is 7.63. The second-order valence-corrected chi connectivity index (χ2v) is 6.71. The average molecular weight is 395 g/mol. The van der Waals surface area contributed by atoms with Gasteiger partial charge in [0.15, 0.2) is 5.78 Å². The molecule has 1 amide bonds. The van der Waals surface area contributed by atoms with Crippen molar-refractivity contribution in [2.75, 3.05) is 18.7 Å². The molecular weight excluding hydrogens is 376 g/mol. The Kier molecular flexibility index (Phi) is 4.91. The minimum absolute atomic E-state index is 0.00188. The summed E-state index contributed by atoms with van der Waals surface area (Å²) in [5.74, 6) is -0.00188. The third kappa shape index (κ3) is 3.18. The maximum absolute atomic E-state index is 11.8. The number of halogens is 1. The van der Waals surface area contributed by atoms with Crippen LogP contribution in [0.5, 0.6) is 0 Å². The second kappa shape index (κ2) is 6.94. The monoisotopic (exact) mass is 394 g/mol. The molecule has 0 N–H and O–H groups in total. The van der Waals surface area contributed by atoms with Gasteiger partial charge in [0.1, 0.15) is 6.10 Å². The van der Waals surface area contributed by atoms with Crippen LogP contribution in [0.4, 0.5) is 10.5 Å². The van der Waals surface area contributed by atoms with Crippen LogP contribution in [0.15, 0.2) is 40.5 Å². The molecule has 3 rings (SSSR count). The molecule has 0 saturated carbocycles. The summed E-state index contributed by atoms with van der Waals surface area (Å²) in [6.45, 7) is 2.11. The number of hydrogen-bond acceptors (Lipinski definition) is 5. The lowest BCUT2D eigenvalue weighted by Crippen LogP contribution is -2.30. The lowest BCUT2D eigenvalue weighted by Gasteiger charge is -2.26. The number of hydroxylamine groups is 1. The van der Waals surface area contributed by atoms with E-state index in [0.29, 0.717) is 13.0 Å². The van der Waals surface area contributed by atoms with Gasteiger partial charge in [0.05, 0.1) is 18.8 Å². The SMILES string of the molecule is COC(=O)N1C=C([C@@H]2CC(C(C)=O)ON2c2ccccc2Br)CC1. The van der Waals surface area contributed by atoms with Crippen molar-refractivity contribution in [1.29, 1.82) is 0 Å². The molecule has 1 aromatic carbocycles. The fourth-order valence-corrected chi connectivity index (χ4v) is 3.50. The summed E-state index contributed by atoms with van der Waals surface area (Å²) in [4.78, 5) is 31.0. The molecule has 0 aliphatic carbocycles. The molecule has 1 saturated heterocycles. The van der Waals surface area contributed by atoms with E-state index in [1.807, 2.05) is 30.5 Å². The number of amides is 1. The van der Waals surface area contributed by atoms with E-state index in [1.165, 1.54) is 14.0 Å². The molecule has 0 spiro atoms. The molecule has 6 nitrogen and oxygen atoms in total. The summed E-state index contributed by atoms with van der Waals surface area (Å²) in [5, 5.41) is 1.78. The number of hydrogen-bond donors (Lipinski definition) is 0. The first-order valence-electron chi connectivity index (χ1n) is 7.77. The predicted molar refractivity (Wildman–Crippen MR) is 92.4 cm³/mol. The lowest BCUT2D eigenvalue weighted by molar-refractivity contribution is -0.126. The Morgan fingerprint density at radius 3 is 2.75 bits per heavy atom. The molecule has 7 heteroatoms. The van der Waals surface area contributed by atoms with Crippen molar-refractivity contribution in [3.05, 3.63) is 40.5 Å². The van der Waals surface area contributed by atoms with Gasteiger partial charge in [0.25, 0.3) is 0 Å². The Morgan fingerprint density at radius 2 is 2.08 bits per heavy atom. The molecule has 2 atom stereocenters. The minimum atomic E-state index is -0.477. The van der Waals surface area contributed by atoms with Gasteiger partial charge in [-0.3, -0.25) is 14.5 Å². The standard InChI is InChI=1S/C17H19BrN2O4/c1-11(21)16-9-15(12-7-8-19(10-12)17(22)23-2)20(24-16)14-6-4-3-5-13(14)18/h3-6,10,15-16H,7-9H2,1-2H3/t15-,16?/m0/s1. The van der Waals surface area contributed by atoms with Crippen molar-refractivity contribution >= 4 is 33.5 Å². The highest BCUT2D eigenvalue weighted by atomic mass is 79.9. The quantitative estimate of drug-likeness (QED) is 0.787. The molecule has 1 aromatic rings. The van der Waals surface area contributed by atoms with Gasteiger partial charge in [0.2, 0.25) is 0 Å². The summed E-state index contributed by atoms with van der Waals surface area (Å²) >= 11 is 3.54. The van der Waals surface area contributed by atoms with Crippen LogP contribution in [0, 0.1) is 0 Å². The third-order valence-corrected chi connectivity index (χ3v) is 4.98. The molecule has 0 aromatic heterocycles. The Bertz CT molecular complexity index is 691. The van der Waals surface area contributed by atoms with Crippen LogP contribution in [0.3, 0.4) is 0 Å². The van der Waals surface area contributed by atoms with Gasteiger partial charge in [-0.15, -0.1) is 0 Å². The van der Waals surface area contributed by atoms with E-state index < -0.39 is 6.10 Å². The van der Waals surface area contributed by atoms with Crippen molar-refractivity contribution in [2.45, 2.75) is 31.9 Å². The maximum atomic E-state index is 11.8. The van der Waals surface area contributed by atoms with Crippen LogP contribution in [-0.4, -0.2) is 42.6 Å². The third-order valence-electron chi connectivity index (χ3n) is 4.30. The van der Waals surface area contributed by atoms with Crippen LogP contribution in [0.25, 0.3) is 0 Å². The summed E-state index contributed by atoms with van der Waals surface area (Å²) in [6.07, 6.45) is 2.26. The first kappa shape index (κ1) is 17.0. The van der Waals surface area contributed by atoms with Gasteiger partial charge < -0.3 is 4.74 Å². The number of ketones is 1. The summed E-state index contributed by atoms with van der Waals surface area (Å²) in [5.41, 5.74) is 1.92. The van der Waals surface area contributed by atoms with Gasteiger partial charge in [-0.05, 0) is 47.0 Å². The van der Waals surface area contributed by atoms with E-state index in [1.54, 1.807) is 9.96 Å². The molecule has 24 heavy (non-hydrogen) atoms. The van der Waals surface area contributed by atoms with Gasteiger partial charge in [-0.2, -0.15) is 0 Å². The largest absolute Gasteiger partial charge is 0.452 e. The number of ether oxygens (including phenoxy) is 1. The van der Waals surface area contributed by atoms with E-state index in [2.05, 4.69) is 15.9 Å². The number of carbonyl (C=O) groups is 2. The number of Topliss-reactive ketones (excluding diaryl/α,β-unsaturated/α-hetero) is 1. The Morgan fingerprint density at radius 1 is 1.33 bits per heavy atom. The van der Waals surface area contributed by atoms with E-state index in [9.17, 15) is 9.59 Å².